The smallest absolute Gasteiger partial charge is 0.144 e. The maximum absolute atomic E-state index is 9.07. The number of hydrogen-bond donors (Lipinski definition) is 1. The number of anilines is 1. The number of hydrogen-bond acceptors (Lipinski definition) is 4. The van der Waals surface area contributed by atoms with Crippen LogP contribution in [-0.4, -0.2) is 21.3 Å². The molecule has 0 aliphatic heterocycles. The molecule has 0 aliphatic rings. The Labute approximate surface area is 112 Å². The van der Waals surface area contributed by atoms with E-state index < -0.39 is 0 Å². The lowest BCUT2D eigenvalue weighted by atomic mass is 10.1. The summed E-state index contributed by atoms with van der Waals surface area (Å²) in [6.07, 6.45) is 0. The molecule has 0 bridgehead atoms. The molecule has 0 radical (unpaired) electrons. The number of aromatic nitrogens is 3. The first-order chi connectivity index (χ1) is 9.08. The molecule has 0 saturated heterocycles. The molecule has 0 amide bonds. The Bertz CT molecular complexity index is 649. The second-order valence-corrected chi connectivity index (χ2v) is 4.40. The summed E-state index contributed by atoms with van der Waals surface area (Å²) in [5, 5.41) is 16.6. The highest BCUT2D eigenvalue weighted by atomic mass is 15.3. The first-order valence-electron chi connectivity index (χ1n) is 6.24. The normalized spacial score (nSPS) is 10.3. The number of nitriles is 1. The van der Waals surface area contributed by atoms with E-state index in [-0.39, 0.29) is 0 Å². The van der Waals surface area contributed by atoms with E-state index in [0.29, 0.717) is 11.4 Å². The summed E-state index contributed by atoms with van der Waals surface area (Å²) in [6, 6.07) is 5.82. The van der Waals surface area contributed by atoms with Crippen molar-refractivity contribution in [2.24, 2.45) is 7.05 Å². The van der Waals surface area contributed by atoms with E-state index in [1.807, 2.05) is 38.6 Å². The van der Waals surface area contributed by atoms with Crippen LogP contribution < -0.4 is 5.32 Å². The molecular weight excluding hydrogens is 238 g/mol. The molecule has 0 atom stereocenters. The molecule has 2 heterocycles. The van der Waals surface area contributed by atoms with Crippen molar-refractivity contribution in [2.75, 3.05) is 11.9 Å². The molecule has 2 aromatic rings. The van der Waals surface area contributed by atoms with Gasteiger partial charge in [-0.05, 0) is 32.9 Å². The fraction of sp³-hybridized carbons (Fsp3) is 0.357. The molecule has 2 aromatic heterocycles. The van der Waals surface area contributed by atoms with E-state index in [1.165, 1.54) is 0 Å². The Kier molecular flexibility index (Phi) is 3.52. The summed E-state index contributed by atoms with van der Waals surface area (Å²) >= 11 is 0. The van der Waals surface area contributed by atoms with Gasteiger partial charge in [0, 0.05) is 24.8 Å². The Morgan fingerprint density at radius 1 is 1.37 bits per heavy atom. The van der Waals surface area contributed by atoms with Crippen molar-refractivity contribution in [3.05, 3.63) is 29.1 Å². The van der Waals surface area contributed by atoms with E-state index >= 15 is 0 Å². The SMILES string of the molecule is CCNc1nc(-c2c(C)nn(C)c2C)ccc1C#N. The third-order valence-corrected chi connectivity index (χ3v) is 3.13. The Hall–Kier alpha value is -2.35. The number of aryl methyl sites for hydroxylation is 2. The molecule has 0 aliphatic carbocycles. The predicted molar refractivity (Wildman–Crippen MR) is 74.8 cm³/mol. The second kappa shape index (κ2) is 5.11. The van der Waals surface area contributed by atoms with Crippen LogP contribution in [0.2, 0.25) is 0 Å². The number of pyridine rings is 1. The van der Waals surface area contributed by atoms with Crippen molar-refractivity contribution in [1.82, 2.24) is 14.8 Å². The fourth-order valence-corrected chi connectivity index (χ4v) is 2.14. The van der Waals surface area contributed by atoms with Crippen LogP contribution in [0.1, 0.15) is 23.9 Å². The minimum Gasteiger partial charge on any atom is -0.369 e. The van der Waals surface area contributed by atoms with Gasteiger partial charge in [0.25, 0.3) is 0 Å². The van der Waals surface area contributed by atoms with Gasteiger partial charge in [0.15, 0.2) is 0 Å². The molecule has 0 aromatic carbocycles. The zero-order chi connectivity index (χ0) is 14.0. The highest BCUT2D eigenvalue weighted by Crippen LogP contribution is 2.27. The summed E-state index contributed by atoms with van der Waals surface area (Å²) in [6.45, 7) is 6.70. The third-order valence-electron chi connectivity index (χ3n) is 3.13. The van der Waals surface area contributed by atoms with Gasteiger partial charge in [-0.25, -0.2) is 4.98 Å². The maximum atomic E-state index is 9.07. The van der Waals surface area contributed by atoms with Gasteiger partial charge in [0.05, 0.1) is 17.0 Å². The maximum Gasteiger partial charge on any atom is 0.144 e. The van der Waals surface area contributed by atoms with Crippen molar-refractivity contribution in [3.63, 3.8) is 0 Å². The van der Waals surface area contributed by atoms with Crippen molar-refractivity contribution >= 4 is 5.82 Å². The highest BCUT2D eigenvalue weighted by molar-refractivity contribution is 5.68. The predicted octanol–water partition coefficient (Wildman–Crippen LogP) is 2.40. The largest absolute Gasteiger partial charge is 0.369 e. The van der Waals surface area contributed by atoms with Crippen molar-refractivity contribution < 1.29 is 0 Å². The lowest BCUT2D eigenvalue weighted by Crippen LogP contribution is -2.03. The van der Waals surface area contributed by atoms with Crippen LogP contribution in [0, 0.1) is 25.2 Å². The minimum absolute atomic E-state index is 0.560. The molecule has 1 N–H and O–H groups in total. The number of rotatable bonds is 3. The monoisotopic (exact) mass is 255 g/mol. The summed E-state index contributed by atoms with van der Waals surface area (Å²) in [5.41, 5.74) is 4.45. The molecule has 98 valence electrons. The lowest BCUT2D eigenvalue weighted by molar-refractivity contribution is 0.731. The average molecular weight is 255 g/mol. The van der Waals surface area contributed by atoms with Gasteiger partial charge < -0.3 is 5.32 Å². The Morgan fingerprint density at radius 3 is 2.63 bits per heavy atom. The first-order valence-corrected chi connectivity index (χ1v) is 6.24. The van der Waals surface area contributed by atoms with Gasteiger partial charge in [-0.3, -0.25) is 4.68 Å². The van der Waals surface area contributed by atoms with Crippen LogP contribution in [0.5, 0.6) is 0 Å². The number of nitrogens with zero attached hydrogens (tertiary/aromatic N) is 4. The van der Waals surface area contributed by atoms with Crippen LogP contribution in [0.25, 0.3) is 11.3 Å². The number of nitrogens with one attached hydrogen (secondary N) is 1. The molecule has 0 unspecified atom stereocenters. The van der Waals surface area contributed by atoms with E-state index in [9.17, 15) is 0 Å². The van der Waals surface area contributed by atoms with Crippen LogP contribution in [0.4, 0.5) is 5.82 Å². The van der Waals surface area contributed by atoms with Crippen LogP contribution in [0.3, 0.4) is 0 Å². The molecule has 2 rings (SSSR count). The first kappa shape index (κ1) is 13.1. The molecule has 0 spiro atoms. The summed E-state index contributed by atoms with van der Waals surface area (Å²) < 4.78 is 1.84. The zero-order valence-electron chi connectivity index (χ0n) is 11.7. The molecule has 5 nitrogen and oxygen atoms in total. The minimum atomic E-state index is 0.560. The van der Waals surface area contributed by atoms with E-state index in [4.69, 9.17) is 5.26 Å². The zero-order valence-corrected chi connectivity index (χ0v) is 11.7. The van der Waals surface area contributed by atoms with Gasteiger partial charge in [0.2, 0.25) is 0 Å². The molecule has 5 heteroatoms. The van der Waals surface area contributed by atoms with E-state index in [2.05, 4.69) is 21.5 Å². The average Bonchev–Trinajstić information content (AvgIpc) is 2.64. The lowest BCUT2D eigenvalue weighted by Gasteiger charge is -2.08. The standard InChI is InChI=1S/C14H17N5/c1-5-16-14-11(8-15)6-7-12(17-14)13-9(2)18-19(4)10(13)3/h6-7H,5H2,1-4H3,(H,16,17). The molecular formula is C14H17N5. The Morgan fingerprint density at radius 2 is 2.11 bits per heavy atom. The van der Waals surface area contributed by atoms with E-state index in [0.717, 1.165) is 29.2 Å². The summed E-state index contributed by atoms with van der Waals surface area (Å²) in [7, 11) is 1.92. The van der Waals surface area contributed by atoms with Crippen molar-refractivity contribution in [1.29, 1.82) is 5.26 Å². The van der Waals surface area contributed by atoms with Gasteiger partial charge in [-0.1, -0.05) is 0 Å². The van der Waals surface area contributed by atoms with Crippen molar-refractivity contribution in [3.8, 4) is 17.3 Å². The van der Waals surface area contributed by atoms with Crippen molar-refractivity contribution in [2.45, 2.75) is 20.8 Å². The summed E-state index contributed by atoms with van der Waals surface area (Å²) in [5.74, 6) is 0.630. The van der Waals surface area contributed by atoms with Crippen LogP contribution >= 0.6 is 0 Å². The Balaban J connectivity index is 2.58. The molecule has 0 saturated carbocycles. The molecule has 0 fully saturated rings. The van der Waals surface area contributed by atoms with Gasteiger partial charge >= 0.3 is 0 Å². The second-order valence-electron chi connectivity index (χ2n) is 4.40. The molecule has 19 heavy (non-hydrogen) atoms. The van der Waals surface area contributed by atoms with Gasteiger partial charge in [-0.15, -0.1) is 0 Å². The van der Waals surface area contributed by atoms with Gasteiger partial charge in [0.1, 0.15) is 11.9 Å². The summed E-state index contributed by atoms with van der Waals surface area (Å²) in [4.78, 5) is 4.55. The highest BCUT2D eigenvalue weighted by Gasteiger charge is 2.14. The topological polar surface area (TPSA) is 66.5 Å². The van der Waals surface area contributed by atoms with Crippen LogP contribution in [0.15, 0.2) is 12.1 Å². The fourth-order valence-electron chi connectivity index (χ4n) is 2.14. The quantitative estimate of drug-likeness (QED) is 0.914. The van der Waals surface area contributed by atoms with Crippen LogP contribution in [-0.2, 0) is 7.05 Å². The van der Waals surface area contributed by atoms with E-state index in [1.54, 1.807) is 6.07 Å². The third kappa shape index (κ3) is 2.29. The van der Waals surface area contributed by atoms with Gasteiger partial charge in [-0.2, -0.15) is 10.4 Å².